The van der Waals surface area contributed by atoms with Gasteiger partial charge in [-0.25, -0.2) is 0 Å². The molecule has 0 saturated heterocycles. The van der Waals surface area contributed by atoms with E-state index in [2.05, 4.69) is 4.99 Å². The molecule has 2 aliphatic rings. The second kappa shape index (κ2) is 3.59. The number of benzene rings is 1. The zero-order chi connectivity index (χ0) is 11.8. The minimum Gasteiger partial charge on any atom is -0.364 e. The number of hydrogen-bond donors (Lipinski definition) is 1. The fourth-order valence-electron chi connectivity index (χ4n) is 2.04. The number of carbonyl (C=O) groups excluding carboxylic acids is 1. The Hall–Kier alpha value is -2.36. The highest BCUT2D eigenvalue weighted by molar-refractivity contribution is 5.93. The van der Waals surface area contributed by atoms with Gasteiger partial charge in [0.25, 0.3) is 5.91 Å². The zero-order valence-corrected chi connectivity index (χ0v) is 9.13. The third-order valence-electron chi connectivity index (χ3n) is 2.88. The number of hydrogen-bond acceptors (Lipinski definition) is 3. The van der Waals surface area contributed by atoms with Gasteiger partial charge in [0.05, 0.1) is 5.36 Å². The van der Waals surface area contributed by atoms with Crippen molar-refractivity contribution in [2.45, 2.75) is 6.42 Å². The molecular weight excluding hydrogens is 214 g/mol. The number of para-hydroxylation sites is 1. The second-order valence-corrected chi connectivity index (χ2v) is 3.97. The second-order valence-electron chi connectivity index (χ2n) is 3.97. The number of allylic oxidation sites excluding steroid dienone is 1. The number of carbonyl (C=O) groups is 1. The van der Waals surface area contributed by atoms with Gasteiger partial charge in [-0.05, 0) is 12.1 Å². The third-order valence-corrected chi connectivity index (χ3v) is 2.88. The molecule has 2 N–H and O–H groups in total. The van der Waals surface area contributed by atoms with Crippen LogP contribution in [0.15, 0.2) is 52.9 Å². The summed E-state index contributed by atoms with van der Waals surface area (Å²) in [6.45, 7) is 0. The summed E-state index contributed by atoms with van der Waals surface area (Å²) in [5.74, 6) is -0.413. The van der Waals surface area contributed by atoms with E-state index in [1.54, 1.807) is 6.20 Å². The van der Waals surface area contributed by atoms with Crippen LogP contribution in [0.2, 0.25) is 0 Å². The summed E-state index contributed by atoms with van der Waals surface area (Å²) in [6, 6.07) is 7.79. The van der Waals surface area contributed by atoms with Crippen LogP contribution in [0.3, 0.4) is 0 Å². The van der Waals surface area contributed by atoms with Crippen molar-refractivity contribution in [3.05, 3.63) is 58.5 Å². The first kappa shape index (κ1) is 9.84. The van der Waals surface area contributed by atoms with Gasteiger partial charge in [-0.15, -0.1) is 0 Å². The molecule has 0 spiro atoms. The van der Waals surface area contributed by atoms with Crippen molar-refractivity contribution in [1.82, 2.24) is 4.90 Å². The molecule has 1 amide bonds. The number of fused-ring (bicyclic) bond motifs is 2. The first-order valence-electron chi connectivity index (χ1n) is 5.39. The smallest absolute Gasteiger partial charge is 0.265 e. The predicted molar refractivity (Wildman–Crippen MR) is 63.5 cm³/mol. The Kier molecular flexibility index (Phi) is 2.08. The summed E-state index contributed by atoms with van der Waals surface area (Å²) in [7, 11) is 0. The SMILES string of the molecule is NC(=O)C1=CCC2=CN=c3ccccc3=CN21. The first-order valence-corrected chi connectivity index (χ1v) is 5.39. The molecule has 0 bridgehead atoms. The molecule has 3 rings (SSSR count). The van der Waals surface area contributed by atoms with Crippen molar-refractivity contribution in [2.75, 3.05) is 0 Å². The molecule has 1 aromatic carbocycles. The largest absolute Gasteiger partial charge is 0.364 e. The summed E-state index contributed by atoms with van der Waals surface area (Å²) in [6.07, 6.45) is 6.20. The summed E-state index contributed by atoms with van der Waals surface area (Å²) >= 11 is 0. The molecule has 0 unspecified atom stereocenters. The number of nitrogens with zero attached hydrogens (tertiary/aromatic N) is 2. The maximum atomic E-state index is 11.3. The molecule has 0 radical (unpaired) electrons. The van der Waals surface area contributed by atoms with Gasteiger partial charge >= 0.3 is 0 Å². The van der Waals surface area contributed by atoms with Gasteiger partial charge in [-0.2, -0.15) is 0 Å². The van der Waals surface area contributed by atoms with Crippen molar-refractivity contribution in [3.63, 3.8) is 0 Å². The highest BCUT2D eigenvalue weighted by atomic mass is 16.1. The molecule has 1 aromatic rings. The zero-order valence-electron chi connectivity index (χ0n) is 9.13. The van der Waals surface area contributed by atoms with Gasteiger partial charge in [0.15, 0.2) is 0 Å². The Bertz CT molecular complexity index is 670. The molecule has 0 saturated carbocycles. The topological polar surface area (TPSA) is 58.7 Å². The Morgan fingerprint density at radius 3 is 3.00 bits per heavy atom. The molecule has 2 heterocycles. The van der Waals surface area contributed by atoms with Crippen LogP contribution in [-0.2, 0) is 4.79 Å². The van der Waals surface area contributed by atoms with Crippen LogP contribution in [-0.4, -0.2) is 10.8 Å². The van der Waals surface area contributed by atoms with Crippen LogP contribution in [0, 0.1) is 0 Å². The Morgan fingerprint density at radius 2 is 2.18 bits per heavy atom. The monoisotopic (exact) mass is 225 g/mol. The first-order chi connectivity index (χ1) is 8.25. The highest BCUT2D eigenvalue weighted by Crippen LogP contribution is 2.25. The van der Waals surface area contributed by atoms with E-state index in [0.717, 1.165) is 16.3 Å². The molecular formula is C13H11N3O. The van der Waals surface area contributed by atoms with E-state index >= 15 is 0 Å². The maximum absolute atomic E-state index is 11.3. The van der Waals surface area contributed by atoms with E-state index < -0.39 is 5.91 Å². The molecule has 4 heteroatoms. The third kappa shape index (κ3) is 1.54. The molecule has 0 aromatic heterocycles. The molecule has 0 aliphatic carbocycles. The van der Waals surface area contributed by atoms with Gasteiger partial charge in [-0.3, -0.25) is 9.79 Å². The van der Waals surface area contributed by atoms with Crippen LogP contribution in [0.4, 0.5) is 0 Å². The van der Waals surface area contributed by atoms with Gasteiger partial charge in [0.1, 0.15) is 5.70 Å². The van der Waals surface area contributed by atoms with Crippen molar-refractivity contribution in [3.8, 4) is 0 Å². The molecule has 2 aliphatic heterocycles. The normalized spacial score (nSPS) is 16.8. The van der Waals surface area contributed by atoms with Gasteiger partial charge in [0, 0.05) is 29.7 Å². The summed E-state index contributed by atoms with van der Waals surface area (Å²) in [4.78, 5) is 17.5. The van der Waals surface area contributed by atoms with Crippen LogP contribution < -0.4 is 16.3 Å². The van der Waals surface area contributed by atoms with Crippen molar-refractivity contribution < 1.29 is 4.79 Å². The van der Waals surface area contributed by atoms with Gasteiger partial charge in [-0.1, -0.05) is 18.2 Å². The fraction of sp³-hybridized carbons (Fsp3) is 0.0769. The van der Waals surface area contributed by atoms with E-state index in [4.69, 9.17) is 5.73 Å². The van der Waals surface area contributed by atoms with Crippen molar-refractivity contribution in [1.29, 1.82) is 0 Å². The quantitative estimate of drug-likeness (QED) is 0.730. The average molecular weight is 225 g/mol. The highest BCUT2D eigenvalue weighted by Gasteiger charge is 2.23. The summed E-state index contributed by atoms with van der Waals surface area (Å²) < 4.78 is 0. The minimum atomic E-state index is -0.413. The molecule has 4 nitrogen and oxygen atoms in total. The lowest BCUT2D eigenvalue weighted by Crippen LogP contribution is -2.29. The number of primary amides is 1. The van der Waals surface area contributed by atoms with E-state index in [9.17, 15) is 4.79 Å². The Balaban J connectivity index is 2.20. The lowest BCUT2D eigenvalue weighted by molar-refractivity contribution is -0.115. The average Bonchev–Trinajstić information content (AvgIpc) is 2.63. The van der Waals surface area contributed by atoms with Crippen LogP contribution in [0.1, 0.15) is 6.42 Å². The standard InChI is InChI=1S/C13H11N3O/c14-13(17)12-6-5-10-7-15-11-4-2-1-3-9(11)8-16(10)12/h1-4,6-8H,5H2,(H2,14,17). The summed E-state index contributed by atoms with van der Waals surface area (Å²) in [5.41, 5.74) is 6.83. The van der Waals surface area contributed by atoms with Crippen LogP contribution in [0.5, 0.6) is 0 Å². The summed E-state index contributed by atoms with van der Waals surface area (Å²) in [5, 5.41) is 1.88. The maximum Gasteiger partial charge on any atom is 0.265 e. The number of nitrogens with two attached hydrogens (primary N) is 1. The fourth-order valence-corrected chi connectivity index (χ4v) is 2.04. The van der Waals surface area contributed by atoms with E-state index in [1.165, 1.54) is 0 Å². The minimum absolute atomic E-state index is 0.413. The van der Waals surface area contributed by atoms with Gasteiger partial charge in [0.2, 0.25) is 0 Å². The molecule has 17 heavy (non-hydrogen) atoms. The number of rotatable bonds is 1. The van der Waals surface area contributed by atoms with E-state index in [-0.39, 0.29) is 0 Å². The number of amides is 1. The van der Waals surface area contributed by atoms with E-state index in [1.807, 2.05) is 41.4 Å². The molecule has 0 fully saturated rings. The van der Waals surface area contributed by atoms with Crippen LogP contribution >= 0.6 is 0 Å². The van der Waals surface area contributed by atoms with Crippen LogP contribution in [0.25, 0.3) is 6.20 Å². The Morgan fingerprint density at radius 1 is 1.35 bits per heavy atom. The van der Waals surface area contributed by atoms with Gasteiger partial charge < -0.3 is 10.6 Å². The Labute approximate surface area is 98.1 Å². The lowest BCUT2D eigenvalue weighted by Gasteiger charge is -2.16. The predicted octanol–water partition coefficient (Wildman–Crippen LogP) is -0.0259. The lowest BCUT2D eigenvalue weighted by atomic mass is 10.3. The van der Waals surface area contributed by atoms with Crippen molar-refractivity contribution in [2.24, 2.45) is 10.7 Å². The molecule has 0 atom stereocenters. The molecule has 84 valence electrons. The van der Waals surface area contributed by atoms with Crippen molar-refractivity contribution >= 4 is 12.1 Å². The van der Waals surface area contributed by atoms with E-state index in [0.29, 0.717) is 12.1 Å².